The van der Waals surface area contributed by atoms with Gasteiger partial charge in [-0.05, 0) is 22.8 Å². The van der Waals surface area contributed by atoms with Gasteiger partial charge in [-0.25, -0.2) is 0 Å². The van der Waals surface area contributed by atoms with Crippen molar-refractivity contribution in [2.45, 2.75) is 25.9 Å². The van der Waals surface area contributed by atoms with Crippen molar-refractivity contribution in [2.24, 2.45) is 0 Å². The first kappa shape index (κ1) is 12.2. The Hall–Kier alpha value is -0.863. The van der Waals surface area contributed by atoms with E-state index in [-0.39, 0.29) is 0 Å². The fourth-order valence-electron chi connectivity index (χ4n) is 1.99. The molecule has 0 aliphatic heterocycles. The highest BCUT2D eigenvalue weighted by molar-refractivity contribution is 6.86. The molecule has 15 heavy (non-hydrogen) atoms. The molecule has 0 aromatic heterocycles. The molecule has 0 radical (unpaired) electrons. The zero-order chi connectivity index (χ0) is 11.3. The Balaban J connectivity index is 3.06. The molecule has 0 unspecified atom stereocenters. The molecule has 0 spiro atoms. The third kappa shape index (κ3) is 2.39. The average Bonchev–Trinajstić information content (AvgIpc) is 2.33. The third-order valence-corrected chi connectivity index (χ3v) is 7.66. The van der Waals surface area contributed by atoms with Crippen molar-refractivity contribution in [3.05, 3.63) is 36.4 Å². The van der Waals surface area contributed by atoms with Crippen molar-refractivity contribution in [3.63, 3.8) is 0 Å². The molecule has 0 saturated heterocycles. The SMILES string of the molecule is C=Cc1ccc([Si](CC)(CC)OC)cc1. The predicted octanol–water partition coefficient (Wildman–Crippen LogP) is 3.17. The summed E-state index contributed by atoms with van der Waals surface area (Å²) in [6.07, 6.45) is 1.87. The van der Waals surface area contributed by atoms with E-state index in [0.29, 0.717) is 0 Å². The summed E-state index contributed by atoms with van der Waals surface area (Å²) in [5, 5.41) is 1.39. The molecular formula is C13H20OSi. The zero-order valence-electron chi connectivity index (χ0n) is 9.92. The summed E-state index contributed by atoms with van der Waals surface area (Å²) in [6.45, 7) is 8.21. The van der Waals surface area contributed by atoms with E-state index in [0.717, 1.165) is 12.1 Å². The Morgan fingerprint density at radius 2 is 1.73 bits per heavy atom. The monoisotopic (exact) mass is 220 g/mol. The van der Waals surface area contributed by atoms with Gasteiger partial charge in [0.2, 0.25) is 8.32 Å². The maximum Gasteiger partial charge on any atom is 0.223 e. The number of hydrogen-bond acceptors (Lipinski definition) is 1. The van der Waals surface area contributed by atoms with E-state index in [4.69, 9.17) is 4.43 Å². The van der Waals surface area contributed by atoms with Gasteiger partial charge in [-0.1, -0.05) is 50.8 Å². The van der Waals surface area contributed by atoms with Crippen LogP contribution in [0.3, 0.4) is 0 Å². The number of hydrogen-bond donors (Lipinski definition) is 0. The van der Waals surface area contributed by atoms with Gasteiger partial charge in [0.1, 0.15) is 0 Å². The molecule has 0 aliphatic rings. The van der Waals surface area contributed by atoms with Crippen LogP contribution in [-0.4, -0.2) is 15.4 Å². The van der Waals surface area contributed by atoms with Gasteiger partial charge in [0, 0.05) is 7.11 Å². The zero-order valence-corrected chi connectivity index (χ0v) is 10.9. The summed E-state index contributed by atoms with van der Waals surface area (Å²) in [4.78, 5) is 0. The van der Waals surface area contributed by atoms with Crippen molar-refractivity contribution in [1.29, 1.82) is 0 Å². The summed E-state index contributed by atoms with van der Waals surface area (Å²) in [7, 11) is 0.184. The highest BCUT2D eigenvalue weighted by Crippen LogP contribution is 2.16. The minimum atomic E-state index is -1.66. The molecular weight excluding hydrogens is 200 g/mol. The van der Waals surface area contributed by atoms with Crippen LogP contribution in [-0.2, 0) is 4.43 Å². The topological polar surface area (TPSA) is 9.23 Å². The second kappa shape index (κ2) is 5.28. The molecule has 2 heteroatoms. The standard InChI is InChI=1S/C13H20OSi/c1-5-12-8-10-13(11-9-12)15(6-2,7-3)14-4/h5,8-11H,1,6-7H2,2-4H3. The van der Waals surface area contributed by atoms with E-state index in [1.165, 1.54) is 10.8 Å². The van der Waals surface area contributed by atoms with E-state index in [1.54, 1.807) is 0 Å². The average molecular weight is 220 g/mol. The minimum Gasteiger partial charge on any atom is -0.416 e. The van der Waals surface area contributed by atoms with Crippen LogP contribution < -0.4 is 5.19 Å². The van der Waals surface area contributed by atoms with Crippen LogP contribution in [0.25, 0.3) is 6.08 Å². The normalized spacial score (nSPS) is 11.4. The molecule has 0 bridgehead atoms. The highest BCUT2D eigenvalue weighted by atomic mass is 28.4. The Morgan fingerprint density at radius 3 is 2.07 bits per heavy atom. The van der Waals surface area contributed by atoms with E-state index in [1.807, 2.05) is 13.2 Å². The first-order chi connectivity index (χ1) is 7.22. The summed E-state index contributed by atoms with van der Waals surface area (Å²) in [5.41, 5.74) is 1.17. The van der Waals surface area contributed by atoms with Crippen molar-refractivity contribution in [3.8, 4) is 0 Å². The highest BCUT2D eigenvalue weighted by Gasteiger charge is 2.31. The van der Waals surface area contributed by atoms with Crippen LogP contribution in [0.2, 0.25) is 12.1 Å². The van der Waals surface area contributed by atoms with Crippen LogP contribution in [0.5, 0.6) is 0 Å². The van der Waals surface area contributed by atoms with Gasteiger partial charge in [-0.3, -0.25) is 0 Å². The molecule has 1 nitrogen and oxygen atoms in total. The molecule has 0 N–H and O–H groups in total. The Morgan fingerprint density at radius 1 is 1.20 bits per heavy atom. The van der Waals surface area contributed by atoms with Crippen molar-refractivity contribution in [2.75, 3.05) is 7.11 Å². The first-order valence-electron chi connectivity index (χ1n) is 5.50. The largest absolute Gasteiger partial charge is 0.416 e. The van der Waals surface area contributed by atoms with Gasteiger partial charge < -0.3 is 4.43 Å². The Bertz CT molecular complexity index is 304. The van der Waals surface area contributed by atoms with Crippen molar-refractivity contribution < 1.29 is 4.43 Å². The Labute approximate surface area is 93.9 Å². The van der Waals surface area contributed by atoms with Gasteiger partial charge in [-0.15, -0.1) is 0 Å². The summed E-state index contributed by atoms with van der Waals surface area (Å²) >= 11 is 0. The van der Waals surface area contributed by atoms with Crippen molar-refractivity contribution >= 4 is 19.6 Å². The predicted molar refractivity (Wildman–Crippen MR) is 69.9 cm³/mol. The van der Waals surface area contributed by atoms with E-state index < -0.39 is 8.32 Å². The van der Waals surface area contributed by atoms with Gasteiger partial charge >= 0.3 is 0 Å². The van der Waals surface area contributed by atoms with Crippen LogP contribution in [0.1, 0.15) is 19.4 Å². The summed E-state index contributed by atoms with van der Waals surface area (Å²) < 4.78 is 5.81. The molecule has 0 fully saturated rings. The number of rotatable bonds is 5. The molecule has 0 amide bonds. The molecule has 1 aromatic carbocycles. The van der Waals surface area contributed by atoms with Crippen molar-refractivity contribution in [1.82, 2.24) is 0 Å². The third-order valence-electron chi connectivity index (χ3n) is 3.21. The molecule has 0 atom stereocenters. The minimum absolute atomic E-state index is 1.13. The maximum absolute atomic E-state index is 5.81. The smallest absolute Gasteiger partial charge is 0.223 e. The maximum atomic E-state index is 5.81. The van der Waals surface area contributed by atoms with Gasteiger partial charge in [0.25, 0.3) is 0 Å². The molecule has 0 heterocycles. The first-order valence-corrected chi connectivity index (χ1v) is 7.82. The van der Waals surface area contributed by atoms with Gasteiger partial charge in [0.05, 0.1) is 0 Å². The van der Waals surface area contributed by atoms with Crippen LogP contribution in [0.15, 0.2) is 30.8 Å². The molecule has 1 aromatic rings. The van der Waals surface area contributed by atoms with E-state index in [2.05, 4.69) is 44.7 Å². The Kier molecular flexibility index (Phi) is 4.30. The lowest BCUT2D eigenvalue weighted by atomic mass is 10.2. The second-order valence-electron chi connectivity index (χ2n) is 3.73. The van der Waals surface area contributed by atoms with E-state index >= 15 is 0 Å². The molecule has 0 aliphatic carbocycles. The molecule has 1 rings (SSSR count). The summed E-state index contributed by atoms with van der Waals surface area (Å²) in [6, 6.07) is 10.9. The fourth-order valence-corrected chi connectivity index (χ4v) is 4.89. The van der Waals surface area contributed by atoms with Gasteiger partial charge in [-0.2, -0.15) is 0 Å². The summed E-state index contributed by atoms with van der Waals surface area (Å²) in [5.74, 6) is 0. The molecule has 82 valence electrons. The quantitative estimate of drug-likeness (QED) is 0.693. The van der Waals surface area contributed by atoms with Crippen LogP contribution in [0.4, 0.5) is 0 Å². The lowest BCUT2D eigenvalue weighted by molar-refractivity contribution is 0.405. The number of benzene rings is 1. The fraction of sp³-hybridized carbons (Fsp3) is 0.385. The van der Waals surface area contributed by atoms with E-state index in [9.17, 15) is 0 Å². The van der Waals surface area contributed by atoms with Gasteiger partial charge in [0.15, 0.2) is 0 Å². The lowest BCUT2D eigenvalue weighted by Gasteiger charge is -2.27. The second-order valence-corrected chi connectivity index (χ2v) is 8.12. The van der Waals surface area contributed by atoms with Crippen LogP contribution in [0, 0.1) is 0 Å². The van der Waals surface area contributed by atoms with Crippen LogP contribution >= 0.6 is 0 Å². The molecule has 0 saturated carbocycles. The lowest BCUT2D eigenvalue weighted by Crippen LogP contribution is -2.48.